The lowest BCUT2D eigenvalue weighted by atomic mass is 10.2. The van der Waals surface area contributed by atoms with Gasteiger partial charge < -0.3 is 15.7 Å². The van der Waals surface area contributed by atoms with Gasteiger partial charge in [0.25, 0.3) is 0 Å². The number of para-hydroxylation sites is 1. The lowest BCUT2D eigenvalue weighted by molar-refractivity contribution is 0.262. The number of halogens is 1. The zero-order valence-electron chi connectivity index (χ0n) is 11.1. The minimum atomic E-state index is -0.562. The summed E-state index contributed by atoms with van der Waals surface area (Å²) in [6.45, 7) is -0.334. The zero-order chi connectivity index (χ0) is 15.1. The quantitative estimate of drug-likeness (QED) is 0.743. The van der Waals surface area contributed by atoms with Crippen molar-refractivity contribution in [2.24, 2.45) is 0 Å². The molecule has 0 saturated heterocycles. The van der Waals surface area contributed by atoms with Gasteiger partial charge in [-0.25, -0.2) is 9.18 Å². The second kappa shape index (κ2) is 7.08. The molecule has 5 heteroatoms. The van der Waals surface area contributed by atoms with E-state index in [1.165, 1.54) is 18.2 Å². The van der Waals surface area contributed by atoms with E-state index in [0.29, 0.717) is 11.4 Å². The first-order valence-electron chi connectivity index (χ1n) is 6.21. The van der Waals surface area contributed by atoms with E-state index in [9.17, 15) is 9.18 Å². The van der Waals surface area contributed by atoms with Crippen LogP contribution in [0.1, 0.15) is 5.56 Å². The van der Waals surface area contributed by atoms with E-state index in [1.54, 1.807) is 24.3 Å². The van der Waals surface area contributed by atoms with E-state index in [0.717, 1.165) is 0 Å². The highest BCUT2D eigenvalue weighted by atomic mass is 19.1. The molecule has 0 spiro atoms. The minimum Gasteiger partial charge on any atom is -0.384 e. The molecule has 3 N–H and O–H groups in total. The van der Waals surface area contributed by atoms with E-state index >= 15 is 0 Å². The molecule has 0 aliphatic rings. The number of rotatable bonds is 2. The highest BCUT2D eigenvalue weighted by molar-refractivity contribution is 5.99. The Labute approximate surface area is 121 Å². The van der Waals surface area contributed by atoms with Crippen LogP contribution in [0, 0.1) is 17.7 Å². The topological polar surface area (TPSA) is 61.4 Å². The minimum absolute atomic E-state index is 0.165. The van der Waals surface area contributed by atoms with E-state index in [4.69, 9.17) is 5.11 Å². The molecule has 0 saturated carbocycles. The molecule has 4 nitrogen and oxygen atoms in total. The van der Waals surface area contributed by atoms with Crippen LogP contribution in [0.25, 0.3) is 0 Å². The molecule has 2 aromatic rings. The lowest BCUT2D eigenvalue weighted by Gasteiger charge is -2.08. The maximum Gasteiger partial charge on any atom is 0.323 e. The van der Waals surface area contributed by atoms with Gasteiger partial charge in [-0.15, -0.1) is 0 Å². The Balaban J connectivity index is 2.03. The second-order valence-corrected chi connectivity index (χ2v) is 4.10. The van der Waals surface area contributed by atoms with Crippen molar-refractivity contribution in [1.82, 2.24) is 0 Å². The Morgan fingerprint density at radius 2 is 1.81 bits per heavy atom. The summed E-state index contributed by atoms with van der Waals surface area (Å²) in [4.78, 5) is 11.7. The monoisotopic (exact) mass is 284 g/mol. The van der Waals surface area contributed by atoms with Crippen LogP contribution in [0.5, 0.6) is 0 Å². The number of nitrogens with one attached hydrogen (secondary N) is 2. The molecular formula is C16H13FN2O2. The number of aliphatic hydroxyl groups is 1. The molecule has 2 rings (SSSR count). The van der Waals surface area contributed by atoms with Gasteiger partial charge in [0.05, 0.1) is 5.56 Å². The first-order chi connectivity index (χ1) is 10.2. The third-order valence-electron chi connectivity index (χ3n) is 2.56. The van der Waals surface area contributed by atoms with Crippen molar-refractivity contribution in [3.8, 4) is 11.8 Å². The van der Waals surface area contributed by atoms with E-state index < -0.39 is 11.8 Å². The number of benzene rings is 2. The largest absolute Gasteiger partial charge is 0.384 e. The fourth-order valence-corrected chi connectivity index (χ4v) is 1.64. The van der Waals surface area contributed by atoms with Gasteiger partial charge in [0, 0.05) is 11.4 Å². The van der Waals surface area contributed by atoms with Crippen LogP contribution in [-0.4, -0.2) is 17.7 Å². The number of urea groups is 1. The van der Waals surface area contributed by atoms with Crippen LogP contribution < -0.4 is 10.6 Å². The fourth-order valence-electron chi connectivity index (χ4n) is 1.64. The number of carbonyl (C=O) groups excluding carboxylic acids is 1. The van der Waals surface area contributed by atoms with Gasteiger partial charge in [0.2, 0.25) is 0 Å². The van der Waals surface area contributed by atoms with Crippen LogP contribution in [0.3, 0.4) is 0 Å². The Morgan fingerprint density at radius 3 is 2.48 bits per heavy atom. The number of anilines is 2. The maximum absolute atomic E-state index is 13.7. The van der Waals surface area contributed by atoms with Crippen molar-refractivity contribution >= 4 is 17.4 Å². The van der Waals surface area contributed by atoms with Gasteiger partial charge in [-0.1, -0.05) is 30.0 Å². The molecule has 0 aromatic heterocycles. The summed E-state index contributed by atoms with van der Waals surface area (Å²) in [5.74, 6) is 4.28. The Kier molecular flexibility index (Phi) is 4.91. The molecule has 0 fully saturated rings. The second-order valence-electron chi connectivity index (χ2n) is 4.10. The summed E-state index contributed by atoms with van der Waals surface area (Å²) < 4.78 is 13.7. The normalized spacial score (nSPS) is 9.43. The van der Waals surface area contributed by atoms with E-state index in [-0.39, 0.29) is 12.2 Å². The molecule has 2 aromatic carbocycles. The SMILES string of the molecule is O=C(Nc1ccccc1)Nc1ccc(C#CCO)c(F)c1. The van der Waals surface area contributed by atoms with Gasteiger partial charge >= 0.3 is 6.03 Å². The molecule has 0 atom stereocenters. The van der Waals surface area contributed by atoms with Crippen molar-refractivity contribution < 1.29 is 14.3 Å². The first kappa shape index (κ1) is 14.6. The van der Waals surface area contributed by atoms with Crippen molar-refractivity contribution in [3.05, 3.63) is 59.9 Å². The van der Waals surface area contributed by atoms with Gasteiger partial charge in [-0.3, -0.25) is 0 Å². The molecule has 2 amide bonds. The predicted molar refractivity (Wildman–Crippen MR) is 79.4 cm³/mol. The van der Waals surface area contributed by atoms with Crippen molar-refractivity contribution in [1.29, 1.82) is 0 Å². The molecule has 0 aliphatic carbocycles. The standard InChI is InChI=1S/C16H13FN2O2/c17-15-11-14(9-8-12(15)5-4-10-20)19-16(21)18-13-6-2-1-3-7-13/h1-3,6-9,11,20H,10H2,(H2,18,19,21). The first-order valence-corrected chi connectivity index (χ1v) is 6.21. The predicted octanol–water partition coefficient (Wildman–Crippen LogP) is 2.81. The molecule has 0 radical (unpaired) electrons. The lowest BCUT2D eigenvalue weighted by Crippen LogP contribution is -2.19. The van der Waals surface area contributed by atoms with Crippen LogP contribution in [0.4, 0.5) is 20.6 Å². The number of aliphatic hydroxyl groups excluding tert-OH is 1. The molecule has 0 unspecified atom stereocenters. The molecule has 0 bridgehead atoms. The van der Waals surface area contributed by atoms with Crippen LogP contribution >= 0.6 is 0 Å². The molecule has 0 heterocycles. The average Bonchev–Trinajstić information content (AvgIpc) is 2.47. The summed E-state index contributed by atoms with van der Waals surface area (Å²) in [6, 6.07) is 12.6. The van der Waals surface area contributed by atoms with Crippen molar-refractivity contribution in [3.63, 3.8) is 0 Å². The van der Waals surface area contributed by atoms with Crippen LogP contribution in [-0.2, 0) is 0 Å². The smallest absolute Gasteiger partial charge is 0.323 e. The summed E-state index contributed by atoms with van der Waals surface area (Å²) in [5.41, 5.74) is 1.12. The third kappa shape index (κ3) is 4.34. The molecule has 21 heavy (non-hydrogen) atoms. The summed E-state index contributed by atoms with van der Waals surface area (Å²) in [5, 5.41) is 13.7. The third-order valence-corrected chi connectivity index (χ3v) is 2.56. The molecule has 0 aliphatic heterocycles. The summed E-state index contributed by atoms with van der Waals surface area (Å²) in [6.07, 6.45) is 0. The number of amides is 2. The maximum atomic E-state index is 13.7. The Morgan fingerprint density at radius 1 is 1.10 bits per heavy atom. The Hall–Kier alpha value is -2.84. The Bertz CT molecular complexity index is 690. The van der Waals surface area contributed by atoms with Gasteiger partial charge in [0.1, 0.15) is 12.4 Å². The molecule has 106 valence electrons. The van der Waals surface area contributed by atoms with Crippen LogP contribution in [0.2, 0.25) is 0 Å². The number of hydrogen-bond acceptors (Lipinski definition) is 2. The number of carbonyl (C=O) groups is 1. The zero-order valence-corrected chi connectivity index (χ0v) is 11.1. The van der Waals surface area contributed by atoms with Gasteiger partial charge in [0.15, 0.2) is 0 Å². The van der Waals surface area contributed by atoms with Gasteiger partial charge in [-0.2, -0.15) is 0 Å². The van der Waals surface area contributed by atoms with Crippen molar-refractivity contribution in [2.45, 2.75) is 0 Å². The van der Waals surface area contributed by atoms with Crippen LogP contribution in [0.15, 0.2) is 48.5 Å². The highest BCUT2D eigenvalue weighted by Gasteiger charge is 2.05. The molecular weight excluding hydrogens is 271 g/mol. The number of hydrogen-bond donors (Lipinski definition) is 3. The average molecular weight is 284 g/mol. The fraction of sp³-hybridized carbons (Fsp3) is 0.0625. The van der Waals surface area contributed by atoms with Gasteiger partial charge in [-0.05, 0) is 30.3 Å². The summed E-state index contributed by atoms with van der Waals surface area (Å²) in [7, 11) is 0. The van der Waals surface area contributed by atoms with E-state index in [1.807, 2.05) is 6.07 Å². The van der Waals surface area contributed by atoms with Crippen molar-refractivity contribution in [2.75, 3.05) is 17.2 Å². The summed E-state index contributed by atoms with van der Waals surface area (Å²) >= 11 is 0. The highest BCUT2D eigenvalue weighted by Crippen LogP contribution is 2.14. The van der Waals surface area contributed by atoms with E-state index in [2.05, 4.69) is 22.5 Å².